The summed E-state index contributed by atoms with van der Waals surface area (Å²) in [5.74, 6) is -0.637. The van der Waals surface area contributed by atoms with E-state index in [4.69, 9.17) is 20.5 Å². The lowest BCUT2D eigenvalue weighted by Gasteiger charge is -2.14. The van der Waals surface area contributed by atoms with Gasteiger partial charge in [0, 0.05) is 0 Å². The monoisotopic (exact) mass is 574 g/mol. The molecule has 0 unspecified atom stereocenters. The Balaban J connectivity index is 1.93. The average Bonchev–Trinajstić information content (AvgIpc) is 2.81. The van der Waals surface area contributed by atoms with Crippen molar-refractivity contribution in [1.29, 1.82) is 5.26 Å². The molecule has 1 N–H and O–H groups in total. The van der Waals surface area contributed by atoms with Crippen LogP contribution in [0.4, 0.5) is 5.69 Å². The Morgan fingerprint density at radius 1 is 1.14 bits per heavy atom. The van der Waals surface area contributed by atoms with Crippen molar-refractivity contribution in [3.05, 3.63) is 86.4 Å². The van der Waals surface area contributed by atoms with Gasteiger partial charge in [-0.25, -0.2) is 0 Å². The summed E-state index contributed by atoms with van der Waals surface area (Å²) in [4.78, 5) is 12.7. The minimum Gasteiger partial charge on any atom is -0.493 e. The van der Waals surface area contributed by atoms with E-state index in [2.05, 4.69) is 21.2 Å². The average molecular weight is 576 g/mol. The number of nitriles is 1. The third-order valence-corrected chi connectivity index (χ3v) is 7.03. The van der Waals surface area contributed by atoms with E-state index in [1.54, 1.807) is 37.3 Å². The number of anilines is 1. The van der Waals surface area contributed by atoms with Crippen molar-refractivity contribution in [3.8, 4) is 17.6 Å². The van der Waals surface area contributed by atoms with E-state index in [1.165, 1.54) is 37.5 Å². The van der Waals surface area contributed by atoms with Crippen LogP contribution in [0.15, 0.2) is 69.5 Å². The Labute approximate surface area is 217 Å². The molecule has 3 aromatic rings. The molecular formula is C25H20BrClN2O5S. The SMILES string of the molecule is COc1cc(/C=C(\C#N)C(=O)Nc2c(C)cccc2Cl)cc(Br)c1OS(=O)(=O)c1ccc(C)cc1. The number of nitrogens with one attached hydrogen (secondary N) is 1. The van der Waals surface area contributed by atoms with Crippen LogP contribution in [0.2, 0.25) is 5.02 Å². The normalized spacial score (nSPS) is 11.5. The van der Waals surface area contributed by atoms with Gasteiger partial charge < -0.3 is 14.2 Å². The Morgan fingerprint density at radius 3 is 2.43 bits per heavy atom. The molecule has 0 aliphatic rings. The van der Waals surface area contributed by atoms with E-state index in [-0.39, 0.29) is 26.4 Å². The molecule has 7 nitrogen and oxygen atoms in total. The number of methoxy groups -OCH3 is 1. The van der Waals surface area contributed by atoms with Crippen LogP contribution in [0, 0.1) is 25.2 Å². The zero-order valence-corrected chi connectivity index (χ0v) is 22.1. The quantitative estimate of drug-likeness (QED) is 0.209. The number of rotatable bonds is 7. The number of carbonyl (C=O) groups is 1. The van der Waals surface area contributed by atoms with E-state index in [9.17, 15) is 18.5 Å². The summed E-state index contributed by atoms with van der Waals surface area (Å²) in [5.41, 5.74) is 2.25. The topological polar surface area (TPSA) is 105 Å². The molecule has 180 valence electrons. The molecule has 0 saturated heterocycles. The molecule has 1 amide bonds. The second-order valence-electron chi connectivity index (χ2n) is 7.44. The predicted octanol–water partition coefficient (Wildman–Crippen LogP) is 6.04. The van der Waals surface area contributed by atoms with Gasteiger partial charge in [-0.1, -0.05) is 41.4 Å². The van der Waals surface area contributed by atoms with Gasteiger partial charge in [-0.05, 0) is 77.3 Å². The van der Waals surface area contributed by atoms with Crippen molar-refractivity contribution >= 4 is 55.3 Å². The number of halogens is 2. The van der Waals surface area contributed by atoms with Crippen LogP contribution in [0.25, 0.3) is 6.08 Å². The predicted molar refractivity (Wildman–Crippen MR) is 138 cm³/mol. The molecule has 3 aromatic carbocycles. The minimum absolute atomic E-state index is 0.0145. The maximum Gasteiger partial charge on any atom is 0.339 e. The second-order valence-corrected chi connectivity index (χ2v) is 10.2. The smallest absolute Gasteiger partial charge is 0.339 e. The Kier molecular flexibility index (Phi) is 8.22. The van der Waals surface area contributed by atoms with Gasteiger partial charge in [0.2, 0.25) is 0 Å². The van der Waals surface area contributed by atoms with E-state index < -0.39 is 16.0 Å². The van der Waals surface area contributed by atoms with Gasteiger partial charge in [-0.2, -0.15) is 13.7 Å². The number of amides is 1. The summed E-state index contributed by atoms with van der Waals surface area (Å²) in [5, 5.41) is 12.6. The highest BCUT2D eigenvalue weighted by atomic mass is 79.9. The first-order chi connectivity index (χ1) is 16.6. The maximum atomic E-state index is 12.7. The molecule has 35 heavy (non-hydrogen) atoms. The summed E-state index contributed by atoms with van der Waals surface area (Å²) in [6.45, 7) is 3.62. The molecule has 0 heterocycles. The molecule has 10 heteroatoms. The second kappa shape index (κ2) is 11.0. The van der Waals surface area contributed by atoms with Crippen LogP contribution in [0.1, 0.15) is 16.7 Å². The summed E-state index contributed by atoms with van der Waals surface area (Å²) in [6.07, 6.45) is 1.34. The van der Waals surface area contributed by atoms with Gasteiger partial charge in [-0.15, -0.1) is 0 Å². The zero-order valence-electron chi connectivity index (χ0n) is 18.9. The first-order valence-corrected chi connectivity index (χ1v) is 12.7. The number of para-hydroxylation sites is 1. The first-order valence-electron chi connectivity index (χ1n) is 10.1. The van der Waals surface area contributed by atoms with Gasteiger partial charge in [0.25, 0.3) is 5.91 Å². The van der Waals surface area contributed by atoms with Crippen molar-refractivity contribution in [2.75, 3.05) is 12.4 Å². The standard InChI is InChI=1S/C25H20BrClN2O5S/c1-15-7-9-19(10-8-15)35(31,32)34-24-20(26)12-17(13-22(24)33-3)11-18(14-28)25(30)29-23-16(2)5-4-6-21(23)27/h4-13H,1-3H3,(H,29,30)/b18-11+. The molecule has 0 fully saturated rings. The van der Waals surface area contributed by atoms with Gasteiger partial charge in [0.15, 0.2) is 11.5 Å². The number of hydrogen-bond acceptors (Lipinski definition) is 6. The molecule has 0 bridgehead atoms. The highest BCUT2D eigenvalue weighted by molar-refractivity contribution is 9.10. The van der Waals surface area contributed by atoms with Crippen LogP contribution in [-0.2, 0) is 14.9 Å². The van der Waals surface area contributed by atoms with Gasteiger partial charge in [-0.3, -0.25) is 4.79 Å². The number of aryl methyl sites for hydroxylation is 2. The van der Waals surface area contributed by atoms with E-state index in [1.807, 2.05) is 13.0 Å². The Morgan fingerprint density at radius 2 is 1.83 bits per heavy atom. The molecule has 3 rings (SSSR count). The van der Waals surface area contributed by atoms with E-state index >= 15 is 0 Å². The number of hydrogen-bond donors (Lipinski definition) is 1. The van der Waals surface area contributed by atoms with E-state index in [0.717, 1.165) is 11.1 Å². The van der Waals surface area contributed by atoms with Crippen LogP contribution in [-0.4, -0.2) is 21.4 Å². The first kappa shape index (κ1) is 26.3. The minimum atomic E-state index is -4.14. The largest absolute Gasteiger partial charge is 0.493 e. The van der Waals surface area contributed by atoms with Crippen molar-refractivity contribution in [1.82, 2.24) is 0 Å². The molecule has 0 aromatic heterocycles. The molecule has 0 radical (unpaired) electrons. The summed E-state index contributed by atoms with van der Waals surface area (Å²) in [6, 6.07) is 16.2. The molecular weight excluding hydrogens is 556 g/mol. The van der Waals surface area contributed by atoms with Crippen LogP contribution in [0.3, 0.4) is 0 Å². The van der Waals surface area contributed by atoms with Gasteiger partial charge in [0.05, 0.1) is 22.3 Å². The summed E-state index contributed by atoms with van der Waals surface area (Å²) >= 11 is 9.46. The van der Waals surface area contributed by atoms with E-state index in [0.29, 0.717) is 16.3 Å². The zero-order chi connectivity index (χ0) is 25.8. The Hall–Kier alpha value is -3.32. The molecule has 0 saturated carbocycles. The summed E-state index contributed by atoms with van der Waals surface area (Å²) in [7, 11) is -2.79. The van der Waals surface area contributed by atoms with Gasteiger partial charge in [0.1, 0.15) is 16.5 Å². The lowest BCUT2D eigenvalue weighted by atomic mass is 10.1. The molecule has 0 spiro atoms. The molecule has 0 aliphatic carbocycles. The number of ether oxygens (including phenoxy) is 1. The van der Waals surface area contributed by atoms with Crippen molar-refractivity contribution < 1.29 is 22.1 Å². The third-order valence-electron chi connectivity index (χ3n) is 4.89. The maximum absolute atomic E-state index is 12.7. The molecule has 0 atom stereocenters. The lowest BCUT2D eigenvalue weighted by molar-refractivity contribution is -0.112. The fourth-order valence-corrected chi connectivity index (χ4v) is 4.93. The fourth-order valence-electron chi connectivity index (χ4n) is 3.05. The fraction of sp³-hybridized carbons (Fsp3) is 0.120. The Bertz CT molecular complexity index is 1440. The van der Waals surface area contributed by atoms with Crippen molar-refractivity contribution in [2.45, 2.75) is 18.7 Å². The lowest BCUT2D eigenvalue weighted by Crippen LogP contribution is -2.14. The number of benzene rings is 3. The van der Waals surface area contributed by atoms with Crippen LogP contribution in [0.5, 0.6) is 11.5 Å². The molecule has 0 aliphatic heterocycles. The number of carbonyl (C=O) groups excluding carboxylic acids is 1. The van der Waals surface area contributed by atoms with Crippen LogP contribution < -0.4 is 14.2 Å². The van der Waals surface area contributed by atoms with Crippen molar-refractivity contribution in [3.63, 3.8) is 0 Å². The number of nitrogens with zero attached hydrogens (tertiary/aromatic N) is 1. The highest BCUT2D eigenvalue weighted by Gasteiger charge is 2.22. The highest BCUT2D eigenvalue weighted by Crippen LogP contribution is 2.39. The van der Waals surface area contributed by atoms with Crippen LogP contribution >= 0.6 is 27.5 Å². The third kappa shape index (κ3) is 6.22. The van der Waals surface area contributed by atoms with Gasteiger partial charge >= 0.3 is 10.1 Å². The van der Waals surface area contributed by atoms with Crippen molar-refractivity contribution in [2.24, 2.45) is 0 Å². The summed E-state index contributed by atoms with van der Waals surface area (Å²) < 4.78 is 36.4.